The molecule has 0 spiro atoms. The average Bonchev–Trinajstić information content (AvgIpc) is 3.82. The number of aromatic carboxylic acids is 1. The highest BCUT2D eigenvalue weighted by Gasteiger charge is 2.23. The van der Waals surface area contributed by atoms with E-state index in [-0.39, 0.29) is 23.9 Å². The molecule has 5 aromatic rings. The Morgan fingerprint density at radius 1 is 0.667 bits per heavy atom. The lowest BCUT2D eigenvalue weighted by Crippen LogP contribution is -2.36. The van der Waals surface area contributed by atoms with Crippen molar-refractivity contribution in [1.82, 2.24) is 0 Å². The molecular weight excluding hydrogens is 679 g/mol. The van der Waals surface area contributed by atoms with Gasteiger partial charge in [0.2, 0.25) is 0 Å². The van der Waals surface area contributed by atoms with Crippen LogP contribution in [0, 0.1) is 5.92 Å². The Labute approximate surface area is 276 Å². The monoisotopic (exact) mass is 703 g/mol. The van der Waals surface area contributed by atoms with Gasteiger partial charge in [-0.05, 0) is 50.2 Å². The molecule has 5 N–H and O–H groups in total. The van der Waals surface area contributed by atoms with E-state index in [1.807, 2.05) is 24.3 Å². The van der Waals surface area contributed by atoms with Crippen LogP contribution in [0.3, 0.4) is 0 Å². The summed E-state index contributed by atoms with van der Waals surface area (Å²) >= 11 is 6.78. The summed E-state index contributed by atoms with van der Waals surface area (Å²) in [6.07, 6.45) is 0. The van der Waals surface area contributed by atoms with E-state index >= 15 is 0 Å². The summed E-state index contributed by atoms with van der Waals surface area (Å²) in [6.45, 7) is 2.76. The van der Waals surface area contributed by atoms with Crippen LogP contribution < -0.4 is 15.2 Å². The fourth-order valence-corrected chi connectivity index (χ4v) is 9.26. The number of Topliss-reactive ketones (excluding diaryl/α,β-unsaturated/α-hetero) is 1. The van der Waals surface area contributed by atoms with Gasteiger partial charge in [0.15, 0.2) is 5.78 Å². The van der Waals surface area contributed by atoms with Gasteiger partial charge in [-0.1, -0.05) is 0 Å². The van der Waals surface area contributed by atoms with E-state index in [1.165, 1.54) is 58.3 Å². The Balaban J connectivity index is 1.53. The van der Waals surface area contributed by atoms with Crippen LogP contribution in [0.25, 0.3) is 39.0 Å². The summed E-state index contributed by atoms with van der Waals surface area (Å²) in [5.41, 5.74) is 5.71. The third-order valence-corrected chi connectivity index (χ3v) is 12.7. The molecule has 0 saturated heterocycles. The van der Waals surface area contributed by atoms with Crippen molar-refractivity contribution in [1.29, 1.82) is 0 Å². The number of nitrogens with two attached hydrogens (primary N) is 1. The first kappa shape index (κ1) is 32.5. The quantitative estimate of drug-likeness (QED) is 0.0851. The molecule has 5 heterocycles. The number of hydrogen-bond donors (Lipinski definition) is 4. The molecule has 15 heteroatoms. The first-order valence-electron chi connectivity index (χ1n) is 13.2. The molecule has 5 aromatic heterocycles. The number of rotatable bonds is 14. The lowest BCUT2D eigenvalue weighted by atomic mass is 10.2. The number of thiophene rings is 5. The zero-order valence-electron chi connectivity index (χ0n) is 23.6. The van der Waals surface area contributed by atoms with Gasteiger partial charge in [0.1, 0.15) is 35.6 Å². The number of carbonyl (C=O) groups excluding carboxylic acids is 1. The third-order valence-electron chi connectivity index (χ3n) is 6.35. The minimum Gasteiger partial charge on any atom is -0.491 e. The molecule has 0 saturated carbocycles. The van der Waals surface area contributed by atoms with Crippen LogP contribution in [0.5, 0.6) is 11.5 Å². The predicted molar refractivity (Wildman–Crippen MR) is 178 cm³/mol. The second kappa shape index (κ2) is 13.6. The maximum atomic E-state index is 11.9. The molecule has 0 aromatic carbocycles. The van der Waals surface area contributed by atoms with Crippen LogP contribution >= 0.6 is 56.7 Å². The molecule has 10 nitrogen and oxygen atoms in total. The number of aliphatic carboxylic acids is 2. The second-order valence-electron chi connectivity index (χ2n) is 9.77. The van der Waals surface area contributed by atoms with Gasteiger partial charge in [-0.15, -0.1) is 56.7 Å². The van der Waals surface area contributed by atoms with Crippen molar-refractivity contribution in [2.45, 2.75) is 19.9 Å². The van der Waals surface area contributed by atoms with Gasteiger partial charge in [-0.3, -0.25) is 14.4 Å². The molecule has 0 radical (unpaired) electrons. The normalized spacial score (nSPS) is 12.5. The van der Waals surface area contributed by atoms with Crippen LogP contribution in [0.15, 0.2) is 48.5 Å². The van der Waals surface area contributed by atoms with Crippen molar-refractivity contribution in [3.63, 3.8) is 0 Å². The van der Waals surface area contributed by atoms with Gasteiger partial charge in [-0.25, -0.2) is 4.79 Å². The fourth-order valence-electron chi connectivity index (χ4n) is 3.91. The second-order valence-corrected chi connectivity index (χ2v) is 15.1. The maximum Gasteiger partial charge on any atom is 0.345 e. The van der Waals surface area contributed by atoms with Crippen molar-refractivity contribution in [3.8, 4) is 50.5 Å². The Kier molecular flexibility index (Phi) is 9.86. The minimum absolute atomic E-state index is 0.0392. The van der Waals surface area contributed by atoms with E-state index in [9.17, 15) is 34.5 Å². The zero-order chi connectivity index (χ0) is 32.4. The highest BCUT2D eigenvalue weighted by molar-refractivity contribution is 7.30. The Bertz CT molecular complexity index is 1760. The highest BCUT2D eigenvalue weighted by Crippen LogP contribution is 2.51. The molecular formula is C30H25NO9S5. The summed E-state index contributed by atoms with van der Waals surface area (Å²) in [7, 11) is 0. The lowest BCUT2D eigenvalue weighted by molar-refractivity contribution is -0.142. The summed E-state index contributed by atoms with van der Waals surface area (Å²) < 4.78 is 11.9. The largest absolute Gasteiger partial charge is 0.491 e. The first-order valence-corrected chi connectivity index (χ1v) is 17.3. The van der Waals surface area contributed by atoms with Gasteiger partial charge in [0.05, 0.1) is 20.5 Å². The van der Waals surface area contributed by atoms with Crippen LogP contribution in [-0.4, -0.2) is 58.3 Å². The van der Waals surface area contributed by atoms with E-state index < -0.39 is 29.9 Å². The van der Waals surface area contributed by atoms with E-state index in [4.69, 9.17) is 15.2 Å². The predicted octanol–water partition coefficient (Wildman–Crippen LogP) is 7.45. The van der Waals surface area contributed by atoms with Gasteiger partial charge in [0, 0.05) is 41.4 Å². The molecule has 0 amide bonds. The van der Waals surface area contributed by atoms with Gasteiger partial charge in [-0.2, -0.15) is 0 Å². The maximum absolute atomic E-state index is 11.9. The fraction of sp³-hybridized carbons (Fsp3) is 0.200. The van der Waals surface area contributed by atoms with E-state index in [2.05, 4.69) is 0 Å². The van der Waals surface area contributed by atoms with E-state index in [0.29, 0.717) is 16.4 Å². The number of carboxylic acids is 3. The Morgan fingerprint density at radius 3 is 1.60 bits per heavy atom. The number of carboxylic acid groups (broad SMARTS) is 3. The molecule has 5 rings (SSSR count). The smallest absolute Gasteiger partial charge is 0.345 e. The van der Waals surface area contributed by atoms with Crippen molar-refractivity contribution in [2.24, 2.45) is 11.7 Å². The third kappa shape index (κ3) is 7.35. The molecule has 2 atom stereocenters. The van der Waals surface area contributed by atoms with Crippen molar-refractivity contribution < 1.29 is 44.0 Å². The topological polar surface area (TPSA) is 173 Å². The van der Waals surface area contributed by atoms with Crippen molar-refractivity contribution in [3.05, 3.63) is 58.3 Å². The standard InChI is InChI=1S/C30H25NO9S5/c1-13(28(33)34)11-39-16-9-25(20-5-8-23(42-20)30(37)38)45-26(16)21-6-7-22(43-21)27-17(40-12-15(31)29(35)36)10-24(44-27)19-4-3-18(41-19)14(2)32/h3-10,13,15H,11-12,31H2,1-2H3,(H,33,34)(H,35,36)(H,37,38). The summed E-state index contributed by atoms with van der Waals surface area (Å²) in [4.78, 5) is 53.3. The first-order chi connectivity index (χ1) is 21.4. The lowest BCUT2D eigenvalue weighted by Gasteiger charge is -2.09. The number of ether oxygens (including phenoxy) is 2. The molecule has 0 fully saturated rings. The summed E-state index contributed by atoms with van der Waals surface area (Å²) in [5, 5.41) is 28.0. The molecule has 0 aliphatic carbocycles. The van der Waals surface area contributed by atoms with Crippen molar-refractivity contribution in [2.75, 3.05) is 13.2 Å². The highest BCUT2D eigenvalue weighted by atomic mass is 32.1. The van der Waals surface area contributed by atoms with Gasteiger partial charge < -0.3 is 30.5 Å². The van der Waals surface area contributed by atoms with Crippen molar-refractivity contribution >= 4 is 80.4 Å². The minimum atomic E-state index is -1.22. The van der Waals surface area contributed by atoms with Crippen LogP contribution in [0.2, 0.25) is 0 Å². The number of carbonyl (C=O) groups is 4. The molecule has 2 unspecified atom stereocenters. The SMILES string of the molecule is CC(=O)c1ccc(-c2cc(OCC(N)C(=O)O)c(-c3ccc(-c4sc(-c5ccc(C(=O)O)s5)cc4OCC(C)C(=O)O)s3)s2)s1. The van der Waals surface area contributed by atoms with Crippen LogP contribution in [-0.2, 0) is 9.59 Å². The number of ketones is 1. The molecule has 0 aliphatic heterocycles. The Hall–Kier alpha value is -3.86. The molecule has 234 valence electrons. The van der Waals surface area contributed by atoms with Crippen LogP contribution in [0.1, 0.15) is 33.2 Å². The molecule has 0 bridgehead atoms. The van der Waals surface area contributed by atoms with Gasteiger partial charge >= 0.3 is 17.9 Å². The number of hydrogen-bond acceptors (Lipinski definition) is 12. The Morgan fingerprint density at radius 2 is 1.16 bits per heavy atom. The summed E-state index contributed by atoms with van der Waals surface area (Å²) in [5.74, 6) is -3.04. The van der Waals surface area contributed by atoms with E-state index in [1.54, 1.807) is 25.1 Å². The summed E-state index contributed by atoms with van der Waals surface area (Å²) in [6, 6.07) is 13.1. The zero-order valence-corrected chi connectivity index (χ0v) is 27.7. The molecule has 0 aliphatic rings. The molecule has 45 heavy (non-hydrogen) atoms. The van der Waals surface area contributed by atoms with Gasteiger partial charge in [0.25, 0.3) is 0 Å². The average molecular weight is 704 g/mol. The van der Waals surface area contributed by atoms with Crippen LogP contribution in [0.4, 0.5) is 0 Å². The van der Waals surface area contributed by atoms with E-state index in [0.717, 1.165) is 50.4 Å².